The fraction of sp³-hybridized carbons (Fsp3) is 0.350. The quantitative estimate of drug-likeness (QED) is 0.127. The molecule has 37 heavy (non-hydrogen) atoms. The highest BCUT2D eigenvalue weighted by Gasteiger charge is 2.55. The number of pyridine rings is 1. The molecule has 0 saturated carbocycles. The Kier molecular flexibility index (Phi) is 8.97. The molecule has 0 radical (unpaired) electrons. The number of aromatic nitrogens is 2. The number of carbonyl (C=O) groups excluding carboxylic acids is 2. The number of nitrogens with zero attached hydrogens (tertiary/aromatic N) is 4. The van der Waals surface area contributed by atoms with Crippen molar-refractivity contribution in [2.45, 2.75) is 33.7 Å². The summed E-state index contributed by atoms with van der Waals surface area (Å²) in [7, 11) is 0. The third-order valence-corrected chi connectivity index (χ3v) is 10.3. The van der Waals surface area contributed by atoms with Crippen LogP contribution in [0.25, 0.3) is 0 Å². The first-order chi connectivity index (χ1) is 17.8. The van der Waals surface area contributed by atoms with Crippen LogP contribution in [-0.2, 0) is 14.4 Å². The van der Waals surface area contributed by atoms with E-state index in [1.807, 2.05) is 0 Å². The topological polar surface area (TPSA) is 194 Å². The van der Waals surface area contributed by atoms with E-state index in [0.717, 1.165) is 38.2 Å². The number of aliphatic carboxylic acids is 1. The normalized spacial score (nSPS) is 19.7. The molecule has 1 unspecified atom stereocenters. The summed E-state index contributed by atoms with van der Waals surface area (Å²) in [6, 6.07) is -0.845. The molecule has 12 nitrogen and oxygen atoms in total. The molecule has 1 saturated heterocycles. The lowest BCUT2D eigenvalue weighted by Crippen LogP contribution is -2.70. The summed E-state index contributed by atoms with van der Waals surface area (Å²) in [6.45, 7) is 0.561. The number of carboxylic acids is 1. The summed E-state index contributed by atoms with van der Waals surface area (Å²) in [5.74, 6) is -1.65. The van der Waals surface area contributed by atoms with Crippen molar-refractivity contribution in [2.24, 2.45) is 10.9 Å². The van der Waals surface area contributed by atoms with Crippen LogP contribution in [0.2, 0.25) is 4.34 Å². The Morgan fingerprint density at radius 3 is 2.84 bits per heavy atom. The maximum atomic E-state index is 13.0. The molecule has 2 aromatic rings. The number of carbonyl (C=O) groups is 3. The van der Waals surface area contributed by atoms with Crippen LogP contribution in [0.1, 0.15) is 18.2 Å². The summed E-state index contributed by atoms with van der Waals surface area (Å²) < 4.78 is 0.0419. The van der Waals surface area contributed by atoms with Gasteiger partial charge in [-0.05, 0) is 30.0 Å². The van der Waals surface area contributed by atoms with Crippen molar-refractivity contribution in [3.63, 3.8) is 0 Å². The van der Waals surface area contributed by atoms with Crippen molar-refractivity contribution in [2.75, 3.05) is 23.8 Å². The molecule has 0 bridgehead atoms. The first-order valence-corrected chi connectivity index (χ1v) is 14.7. The highest BCUT2D eigenvalue weighted by Crippen LogP contribution is 2.46. The van der Waals surface area contributed by atoms with Crippen LogP contribution in [0.5, 0.6) is 0 Å². The van der Waals surface area contributed by atoms with Crippen molar-refractivity contribution in [3.8, 4) is 0 Å². The number of nitrogens with two attached hydrogens (primary N) is 2. The zero-order valence-electron chi connectivity index (χ0n) is 18.8. The zero-order valence-corrected chi connectivity index (χ0v) is 22.8. The molecule has 4 heterocycles. The molecular formula is C20H20ClN7O5S4. The van der Waals surface area contributed by atoms with Crippen LogP contribution in [0, 0.1) is 4.91 Å². The van der Waals surface area contributed by atoms with E-state index in [0.29, 0.717) is 17.2 Å². The number of amides is 2. The first-order valence-electron chi connectivity index (χ1n) is 10.7. The van der Waals surface area contributed by atoms with Crippen molar-refractivity contribution in [3.05, 3.63) is 44.0 Å². The summed E-state index contributed by atoms with van der Waals surface area (Å²) in [5.41, 5.74) is 10.9. The Morgan fingerprint density at radius 2 is 2.19 bits per heavy atom. The molecular weight excluding hydrogens is 582 g/mol. The van der Waals surface area contributed by atoms with Gasteiger partial charge < -0.3 is 21.9 Å². The molecule has 0 aliphatic carbocycles. The van der Waals surface area contributed by atoms with Gasteiger partial charge in [-0.1, -0.05) is 34.7 Å². The van der Waals surface area contributed by atoms with Gasteiger partial charge in [0, 0.05) is 32.8 Å². The van der Waals surface area contributed by atoms with Gasteiger partial charge >= 0.3 is 5.97 Å². The Morgan fingerprint density at radius 1 is 1.41 bits per heavy atom. The molecule has 4 rings (SSSR count). The van der Waals surface area contributed by atoms with Gasteiger partial charge in [-0.2, -0.15) is 0 Å². The minimum atomic E-state index is -1.60. The Balaban J connectivity index is 1.52. The third-order valence-electron chi connectivity index (χ3n) is 5.26. The monoisotopic (exact) mass is 601 g/mol. The summed E-state index contributed by atoms with van der Waals surface area (Å²) in [5, 5.41) is 14.7. The standard InChI is InChI=1S/C20H20ClN7O5S4/c21-15-11(26-20(23)37-15)12(27-33)16(29)25-13-17(30)28-14(19(31)32)10(7-35-18(13)28)36-8-2-4-24-6-9(8)34-5-1-3-22/h2,4,6,12-13,18H,1,3,5,7,22H2,(H2,23,26)(H,25,29)(H,31,32)/t12?,13-,18+/m1/s1. The van der Waals surface area contributed by atoms with E-state index >= 15 is 0 Å². The SMILES string of the molecule is NCCCSc1cnccc1SC1=C(C(=O)O)N2C(=O)[C@@H](NC(=O)C(N=O)c3nc(N)sc3Cl)[C@@H]2SC1. The Bertz CT molecular complexity index is 1280. The van der Waals surface area contributed by atoms with Gasteiger partial charge in [-0.25, -0.2) is 9.78 Å². The molecule has 2 aliphatic rings. The molecule has 2 amide bonds. The van der Waals surface area contributed by atoms with Gasteiger partial charge in [0.05, 0.1) is 0 Å². The number of anilines is 1. The average Bonchev–Trinajstić information content (AvgIpc) is 3.20. The molecule has 2 aliphatic heterocycles. The van der Waals surface area contributed by atoms with Crippen LogP contribution in [0.3, 0.4) is 0 Å². The number of halogens is 1. The van der Waals surface area contributed by atoms with Crippen molar-refractivity contribution in [1.29, 1.82) is 0 Å². The molecule has 0 aromatic carbocycles. The Labute approximate surface area is 232 Å². The number of thiazole rings is 1. The number of fused-ring (bicyclic) bond motifs is 1. The number of thioether (sulfide) groups is 3. The second-order valence-corrected chi connectivity index (χ2v) is 12.6. The van der Waals surface area contributed by atoms with Crippen molar-refractivity contribution in [1.82, 2.24) is 20.2 Å². The lowest BCUT2D eigenvalue weighted by Gasteiger charge is -2.49. The lowest BCUT2D eigenvalue weighted by atomic mass is 10.0. The van der Waals surface area contributed by atoms with E-state index in [4.69, 9.17) is 23.1 Å². The minimum absolute atomic E-state index is 0.0419. The van der Waals surface area contributed by atoms with Gasteiger partial charge in [0.1, 0.15) is 27.1 Å². The van der Waals surface area contributed by atoms with E-state index in [9.17, 15) is 24.4 Å². The largest absolute Gasteiger partial charge is 0.477 e. The third kappa shape index (κ3) is 5.73. The van der Waals surface area contributed by atoms with Crippen molar-refractivity contribution < 1.29 is 19.5 Å². The summed E-state index contributed by atoms with van der Waals surface area (Å²) in [4.78, 5) is 60.7. The molecule has 196 valence electrons. The number of nitrogens with one attached hydrogen (secondary N) is 1. The number of β-lactam (4-membered cyclic amide) rings is 1. The smallest absolute Gasteiger partial charge is 0.353 e. The van der Waals surface area contributed by atoms with Crippen LogP contribution in [0.15, 0.2) is 44.0 Å². The average molecular weight is 602 g/mol. The van der Waals surface area contributed by atoms with Gasteiger partial charge in [0.2, 0.25) is 6.04 Å². The van der Waals surface area contributed by atoms with Crippen molar-refractivity contribution >= 4 is 81.1 Å². The number of nitrogen functional groups attached to an aromatic ring is 1. The first kappa shape index (κ1) is 27.7. The number of nitroso groups, excluding NO2 is 1. The number of hydrogen-bond donors (Lipinski definition) is 4. The fourth-order valence-electron chi connectivity index (χ4n) is 3.58. The van der Waals surface area contributed by atoms with Crippen LogP contribution < -0.4 is 16.8 Å². The van der Waals surface area contributed by atoms with E-state index < -0.39 is 35.2 Å². The van der Waals surface area contributed by atoms with Gasteiger partial charge in [-0.15, -0.1) is 28.4 Å². The van der Waals surface area contributed by atoms with E-state index in [1.54, 1.807) is 30.2 Å². The summed E-state index contributed by atoms with van der Waals surface area (Å²) >= 11 is 11.0. The number of hydrogen-bond acceptors (Lipinski definition) is 13. The highest BCUT2D eigenvalue weighted by molar-refractivity contribution is 8.07. The van der Waals surface area contributed by atoms with Crippen LogP contribution in [0.4, 0.5) is 5.13 Å². The molecule has 1 fully saturated rings. The maximum Gasteiger partial charge on any atom is 0.353 e. The maximum absolute atomic E-state index is 13.0. The zero-order chi connectivity index (χ0) is 26.7. The van der Waals surface area contributed by atoms with Gasteiger partial charge in [-0.3, -0.25) is 19.5 Å². The molecule has 6 N–H and O–H groups in total. The van der Waals surface area contributed by atoms with E-state index in [1.165, 1.54) is 23.5 Å². The summed E-state index contributed by atoms with van der Waals surface area (Å²) in [6.07, 6.45) is 4.15. The van der Waals surface area contributed by atoms with Gasteiger partial charge in [0.25, 0.3) is 11.8 Å². The molecule has 3 atom stereocenters. The molecule has 2 aromatic heterocycles. The predicted octanol–water partition coefficient (Wildman–Crippen LogP) is 2.51. The second kappa shape index (κ2) is 12.0. The molecule has 17 heteroatoms. The van der Waals surface area contributed by atoms with E-state index in [-0.39, 0.29) is 20.9 Å². The van der Waals surface area contributed by atoms with Crippen LogP contribution in [-0.4, -0.2) is 67.2 Å². The fourth-order valence-corrected chi connectivity index (χ4v) is 8.19. The Hall–Kier alpha value is -2.37. The highest BCUT2D eigenvalue weighted by atomic mass is 35.5. The van der Waals surface area contributed by atoms with Crippen LogP contribution >= 0.6 is 58.2 Å². The van der Waals surface area contributed by atoms with Gasteiger partial charge in [0.15, 0.2) is 5.13 Å². The van der Waals surface area contributed by atoms with E-state index in [2.05, 4.69) is 20.5 Å². The molecule has 0 spiro atoms. The second-order valence-electron chi connectivity index (χ2n) is 7.61. The number of carboxylic acid groups (broad SMARTS) is 1. The number of rotatable bonds is 11. The predicted molar refractivity (Wildman–Crippen MR) is 144 cm³/mol. The minimum Gasteiger partial charge on any atom is -0.477 e. The lowest BCUT2D eigenvalue weighted by molar-refractivity contribution is -0.150.